The minimum absolute atomic E-state index is 0. The van der Waals surface area contributed by atoms with Gasteiger partial charge in [0.05, 0.1) is 19.4 Å². The summed E-state index contributed by atoms with van der Waals surface area (Å²) < 4.78 is 25.2. The van der Waals surface area contributed by atoms with E-state index in [1.165, 1.54) is 12.1 Å². The van der Waals surface area contributed by atoms with Crippen molar-refractivity contribution in [2.75, 3.05) is 24.3 Å². The quantitative estimate of drug-likeness (QED) is 0.578. The smallest absolute Gasteiger partial charge is 0.150 e. The average molecular weight is 446 g/mol. The zero-order chi connectivity index (χ0) is 20.9. The highest BCUT2D eigenvalue weighted by molar-refractivity contribution is 5.85. The predicted molar refractivity (Wildman–Crippen MR) is 120 cm³/mol. The average Bonchev–Trinajstić information content (AvgIpc) is 2.75. The summed E-state index contributed by atoms with van der Waals surface area (Å²) in [6, 6.07) is 8.22. The Morgan fingerprint density at radius 2 is 1.90 bits per heavy atom. The van der Waals surface area contributed by atoms with Gasteiger partial charge >= 0.3 is 0 Å². The number of anilines is 3. The van der Waals surface area contributed by atoms with E-state index in [-0.39, 0.29) is 30.2 Å². The van der Waals surface area contributed by atoms with Gasteiger partial charge < -0.3 is 20.5 Å². The van der Waals surface area contributed by atoms with Gasteiger partial charge in [0.15, 0.2) is 0 Å². The fraction of sp³-hybridized carbons (Fsp3) is 0.318. The maximum atomic E-state index is 13.4. The van der Waals surface area contributed by atoms with Crippen molar-refractivity contribution in [2.24, 2.45) is 0 Å². The molecule has 1 unspecified atom stereocenters. The molecular weight excluding hydrogens is 421 g/mol. The summed E-state index contributed by atoms with van der Waals surface area (Å²) >= 11 is 0. The maximum absolute atomic E-state index is 13.4. The molecule has 1 fully saturated rings. The number of nitrogens with zero attached hydrogens (tertiary/aromatic N) is 3. The van der Waals surface area contributed by atoms with Gasteiger partial charge in [-0.1, -0.05) is 19.1 Å². The van der Waals surface area contributed by atoms with E-state index in [0.717, 1.165) is 24.0 Å². The fourth-order valence-electron chi connectivity index (χ4n) is 3.53. The second-order valence-electron chi connectivity index (χ2n) is 7.22. The van der Waals surface area contributed by atoms with Gasteiger partial charge in [-0.05, 0) is 17.7 Å². The molecule has 164 valence electrons. The first-order valence-electron chi connectivity index (χ1n) is 9.93. The van der Waals surface area contributed by atoms with E-state index in [1.807, 2.05) is 13.0 Å². The van der Waals surface area contributed by atoms with Gasteiger partial charge in [0.25, 0.3) is 0 Å². The van der Waals surface area contributed by atoms with Crippen LogP contribution in [0.1, 0.15) is 36.8 Å². The van der Waals surface area contributed by atoms with Gasteiger partial charge in [-0.2, -0.15) is 0 Å². The molecule has 3 N–H and O–H groups in total. The summed E-state index contributed by atoms with van der Waals surface area (Å²) in [6.07, 6.45) is 6.44. The number of halogens is 2. The lowest BCUT2D eigenvalue weighted by molar-refractivity contribution is 0.0252. The molecule has 1 atom stereocenters. The van der Waals surface area contributed by atoms with E-state index in [0.29, 0.717) is 36.4 Å². The highest BCUT2D eigenvalue weighted by Gasteiger charge is 2.23. The number of aromatic nitrogens is 3. The molecule has 1 saturated heterocycles. The summed E-state index contributed by atoms with van der Waals surface area (Å²) in [4.78, 5) is 12.8. The van der Waals surface area contributed by atoms with Crippen LogP contribution in [0.25, 0.3) is 0 Å². The molecule has 31 heavy (non-hydrogen) atoms. The number of hydrogen-bond donors (Lipinski definition) is 2. The Morgan fingerprint density at radius 1 is 1.16 bits per heavy atom. The van der Waals surface area contributed by atoms with E-state index >= 15 is 0 Å². The van der Waals surface area contributed by atoms with E-state index in [9.17, 15) is 4.39 Å². The third-order valence-corrected chi connectivity index (χ3v) is 5.13. The summed E-state index contributed by atoms with van der Waals surface area (Å²) in [5.41, 5.74) is 8.09. The molecule has 1 aromatic carbocycles. The third kappa shape index (κ3) is 5.59. The minimum atomic E-state index is -0.278. The van der Waals surface area contributed by atoms with Gasteiger partial charge in [0.1, 0.15) is 35.1 Å². The van der Waals surface area contributed by atoms with Crippen molar-refractivity contribution in [3.8, 4) is 5.75 Å². The standard InChI is InChI=1S/C22H24FN5O2.ClH/c1-14(15-2-4-16(23)5-3-15)21-18(30-17-6-10-29-11-7-17)12-19(28-22(21)24)27-20-13-25-8-9-26-20;/h2-5,8-9,12-14,17H,6-7,10-11H2,1H3,(H3,24,26,27,28);1H. The molecule has 0 amide bonds. The van der Waals surface area contributed by atoms with Gasteiger partial charge in [-0.25, -0.2) is 14.4 Å². The van der Waals surface area contributed by atoms with E-state index in [1.54, 1.807) is 30.7 Å². The number of hydrogen-bond acceptors (Lipinski definition) is 7. The lowest BCUT2D eigenvalue weighted by Gasteiger charge is -2.27. The van der Waals surface area contributed by atoms with Gasteiger partial charge in [0, 0.05) is 42.8 Å². The van der Waals surface area contributed by atoms with Crippen molar-refractivity contribution in [1.82, 2.24) is 15.0 Å². The molecule has 3 aromatic rings. The highest BCUT2D eigenvalue weighted by atomic mass is 35.5. The van der Waals surface area contributed by atoms with Crippen LogP contribution >= 0.6 is 12.4 Å². The van der Waals surface area contributed by atoms with Crippen molar-refractivity contribution in [1.29, 1.82) is 0 Å². The van der Waals surface area contributed by atoms with Gasteiger partial charge in [-0.3, -0.25) is 4.98 Å². The van der Waals surface area contributed by atoms with Crippen molar-refractivity contribution in [3.63, 3.8) is 0 Å². The number of rotatable bonds is 6. The first-order chi connectivity index (χ1) is 14.6. The topological polar surface area (TPSA) is 95.2 Å². The molecule has 0 saturated carbocycles. The molecule has 4 rings (SSSR count). The van der Waals surface area contributed by atoms with Crippen LogP contribution in [0.3, 0.4) is 0 Å². The molecule has 0 radical (unpaired) electrons. The normalized spacial score (nSPS) is 15.0. The Bertz CT molecular complexity index is 985. The predicted octanol–water partition coefficient (Wildman–Crippen LogP) is 4.47. The van der Waals surface area contributed by atoms with Crippen LogP contribution in [0, 0.1) is 5.82 Å². The second kappa shape index (κ2) is 10.4. The van der Waals surface area contributed by atoms with Gasteiger partial charge in [-0.15, -0.1) is 12.4 Å². The SMILES string of the molecule is CC(c1ccc(F)cc1)c1c(OC2CCOCC2)cc(Nc2cnccn2)nc1N.Cl. The Morgan fingerprint density at radius 3 is 2.58 bits per heavy atom. The monoisotopic (exact) mass is 445 g/mol. The van der Waals surface area contributed by atoms with Crippen LogP contribution in [0.15, 0.2) is 48.9 Å². The van der Waals surface area contributed by atoms with Gasteiger partial charge in [0.2, 0.25) is 0 Å². The third-order valence-electron chi connectivity index (χ3n) is 5.13. The molecule has 0 spiro atoms. The van der Waals surface area contributed by atoms with Crippen molar-refractivity contribution >= 4 is 29.9 Å². The summed E-state index contributed by atoms with van der Waals surface area (Å²) in [7, 11) is 0. The van der Waals surface area contributed by atoms with Crippen LogP contribution < -0.4 is 15.8 Å². The number of pyridine rings is 1. The summed E-state index contributed by atoms with van der Waals surface area (Å²) in [5.74, 6) is 1.67. The number of ether oxygens (including phenoxy) is 2. The number of nitrogens with two attached hydrogens (primary N) is 1. The molecule has 7 nitrogen and oxygen atoms in total. The Labute approximate surface area is 186 Å². The Balaban J connectivity index is 0.00000272. The number of benzene rings is 1. The van der Waals surface area contributed by atoms with Crippen LogP contribution in [0.2, 0.25) is 0 Å². The molecule has 0 aliphatic carbocycles. The van der Waals surface area contributed by atoms with Crippen LogP contribution in [-0.2, 0) is 4.74 Å². The second-order valence-corrected chi connectivity index (χ2v) is 7.22. The van der Waals surface area contributed by atoms with E-state index < -0.39 is 0 Å². The van der Waals surface area contributed by atoms with Crippen molar-refractivity contribution < 1.29 is 13.9 Å². The van der Waals surface area contributed by atoms with Crippen LogP contribution in [0.5, 0.6) is 5.75 Å². The molecule has 0 bridgehead atoms. The summed E-state index contributed by atoms with van der Waals surface area (Å²) in [6.45, 7) is 3.34. The maximum Gasteiger partial charge on any atom is 0.150 e. The molecule has 3 heterocycles. The first-order valence-corrected chi connectivity index (χ1v) is 9.93. The number of nitrogens with one attached hydrogen (secondary N) is 1. The van der Waals surface area contributed by atoms with Crippen LogP contribution in [-0.4, -0.2) is 34.3 Å². The minimum Gasteiger partial charge on any atom is -0.490 e. The Hall–Kier alpha value is -2.97. The molecule has 1 aliphatic rings. The van der Waals surface area contributed by atoms with Crippen molar-refractivity contribution in [2.45, 2.75) is 31.8 Å². The van der Waals surface area contributed by atoms with Crippen LogP contribution in [0.4, 0.5) is 21.8 Å². The zero-order valence-electron chi connectivity index (χ0n) is 17.1. The summed E-state index contributed by atoms with van der Waals surface area (Å²) in [5, 5.41) is 3.12. The fourth-order valence-corrected chi connectivity index (χ4v) is 3.53. The molecule has 9 heteroatoms. The zero-order valence-corrected chi connectivity index (χ0v) is 17.9. The number of nitrogen functional groups attached to an aromatic ring is 1. The lowest BCUT2D eigenvalue weighted by Crippen LogP contribution is -2.26. The Kier molecular flexibility index (Phi) is 7.59. The van der Waals surface area contributed by atoms with Crippen molar-refractivity contribution in [3.05, 3.63) is 65.9 Å². The van der Waals surface area contributed by atoms with E-state index in [4.69, 9.17) is 15.2 Å². The largest absolute Gasteiger partial charge is 0.490 e. The molecule has 1 aliphatic heterocycles. The highest BCUT2D eigenvalue weighted by Crippen LogP contribution is 2.38. The lowest BCUT2D eigenvalue weighted by atomic mass is 9.92. The first kappa shape index (κ1) is 22.7. The van der Waals surface area contributed by atoms with E-state index in [2.05, 4.69) is 20.3 Å². The molecular formula is C22H25ClFN5O2. The molecule has 2 aromatic heterocycles.